The van der Waals surface area contributed by atoms with Crippen molar-refractivity contribution in [3.8, 4) is 5.75 Å². The number of halogens is 1. The zero-order valence-corrected chi connectivity index (χ0v) is 19.7. The molecule has 0 radical (unpaired) electrons. The molecule has 6 nitrogen and oxygen atoms in total. The number of fused-ring (bicyclic) bond motifs is 4. The summed E-state index contributed by atoms with van der Waals surface area (Å²) in [5, 5.41) is 7.12. The molecule has 1 heterocycles. The molecule has 5 aliphatic carbocycles. The first kappa shape index (κ1) is 21.8. The second-order valence-electron chi connectivity index (χ2n) is 11.0. The zero-order chi connectivity index (χ0) is 23.6. The highest BCUT2D eigenvalue weighted by Crippen LogP contribution is 2.61. The third kappa shape index (κ3) is 3.83. The van der Waals surface area contributed by atoms with Crippen molar-refractivity contribution in [2.75, 3.05) is 0 Å². The Morgan fingerprint density at radius 1 is 1.03 bits per heavy atom. The Bertz CT molecular complexity index is 1120. The van der Waals surface area contributed by atoms with Gasteiger partial charge in [0.1, 0.15) is 11.6 Å². The molecule has 2 amide bonds. The number of ether oxygens (including phenoxy) is 1. The van der Waals surface area contributed by atoms with Gasteiger partial charge >= 0.3 is 0 Å². The van der Waals surface area contributed by atoms with Crippen molar-refractivity contribution in [2.45, 2.75) is 64.1 Å². The third-order valence-corrected chi connectivity index (χ3v) is 8.99. The minimum atomic E-state index is -0.293. The molecule has 5 fully saturated rings. The van der Waals surface area contributed by atoms with Gasteiger partial charge in [-0.2, -0.15) is 0 Å². The van der Waals surface area contributed by atoms with Gasteiger partial charge in [-0.25, -0.2) is 4.39 Å². The van der Waals surface area contributed by atoms with E-state index >= 15 is 0 Å². The van der Waals surface area contributed by atoms with Gasteiger partial charge in [-0.1, -0.05) is 6.92 Å². The highest BCUT2D eigenvalue weighted by atomic mass is 19.1. The normalized spacial score (nSPS) is 36.2. The predicted octanol–water partition coefficient (Wildman–Crippen LogP) is 3.83. The van der Waals surface area contributed by atoms with Gasteiger partial charge in [-0.3, -0.25) is 14.6 Å². The van der Waals surface area contributed by atoms with Gasteiger partial charge < -0.3 is 15.4 Å². The van der Waals surface area contributed by atoms with Crippen LogP contribution < -0.4 is 15.4 Å². The van der Waals surface area contributed by atoms with Gasteiger partial charge in [0.05, 0.1) is 11.6 Å². The summed E-state index contributed by atoms with van der Waals surface area (Å²) < 4.78 is 20.0. The number of pyridine rings is 1. The molecule has 2 unspecified atom stereocenters. The lowest BCUT2D eigenvalue weighted by atomic mass is 9.60. The van der Waals surface area contributed by atoms with Crippen molar-refractivity contribution in [3.63, 3.8) is 0 Å². The highest BCUT2D eigenvalue weighted by Gasteiger charge is 2.60. The number of hydrogen-bond donors (Lipinski definition) is 2. The van der Waals surface area contributed by atoms with E-state index in [1.54, 1.807) is 19.2 Å². The summed E-state index contributed by atoms with van der Waals surface area (Å²) in [5.41, 5.74) is 0.728. The molecule has 7 heteroatoms. The van der Waals surface area contributed by atoms with Crippen LogP contribution in [0.1, 0.15) is 46.0 Å². The van der Waals surface area contributed by atoms with Crippen molar-refractivity contribution in [1.82, 2.24) is 15.6 Å². The molecule has 1 aromatic carbocycles. The van der Waals surface area contributed by atoms with E-state index in [9.17, 15) is 14.0 Å². The van der Waals surface area contributed by atoms with Crippen LogP contribution in [0.5, 0.6) is 5.75 Å². The van der Waals surface area contributed by atoms with Crippen LogP contribution in [0.25, 0.3) is 10.9 Å². The topological polar surface area (TPSA) is 80.3 Å². The van der Waals surface area contributed by atoms with Crippen molar-refractivity contribution in [1.29, 1.82) is 0 Å². The molecule has 0 aliphatic heterocycles. The summed E-state index contributed by atoms with van der Waals surface area (Å²) in [7, 11) is 0. The number of nitrogens with one attached hydrogen (secondary N) is 2. The molecular formula is C27H32FN3O3. The molecule has 1 aromatic heterocycles. The smallest absolute Gasteiger partial charge is 0.223 e. The van der Waals surface area contributed by atoms with Crippen molar-refractivity contribution in [2.24, 2.45) is 35.5 Å². The average Bonchev–Trinajstić information content (AvgIpc) is 3.26. The Hall–Kier alpha value is -2.70. The van der Waals surface area contributed by atoms with Gasteiger partial charge in [0.2, 0.25) is 11.8 Å². The molecular weight excluding hydrogens is 433 g/mol. The van der Waals surface area contributed by atoms with Gasteiger partial charge in [0, 0.05) is 36.5 Å². The van der Waals surface area contributed by atoms with Crippen LogP contribution in [0.15, 0.2) is 30.5 Å². The van der Waals surface area contributed by atoms with Crippen molar-refractivity contribution >= 4 is 22.7 Å². The first-order valence-electron chi connectivity index (χ1n) is 12.7. The Morgan fingerprint density at radius 3 is 2.44 bits per heavy atom. The number of hydrogen-bond acceptors (Lipinski definition) is 4. The largest absolute Gasteiger partial charge is 0.490 e. The maximum Gasteiger partial charge on any atom is 0.223 e. The van der Waals surface area contributed by atoms with Gasteiger partial charge in [-0.15, -0.1) is 0 Å². The van der Waals surface area contributed by atoms with Crippen LogP contribution in [0.3, 0.4) is 0 Å². The molecule has 7 atom stereocenters. The fraction of sp³-hybridized carbons (Fsp3) is 0.593. The number of nitrogens with zero attached hydrogens (tertiary/aromatic N) is 1. The average molecular weight is 466 g/mol. The lowest BCUT2D eigenvalue weighted by Crippen LogP contribution is -2.60. The monoisotopic (exact) mass is 465 g/mol. The molecule has 180 valence electrons. The lowest BCUT2D eigenvalue weighted by Gasteiger charge is -2.51. The number of amides is 2. The number of rotatable bonds is 6. The van der Waals surface area contributed by atoms with Crippen LogP contribution >= 0.6 is 0 Å². The van der Waals surface area contributed by atoms with E-state index in [2.05, 4.69) is 22.5 Å². The van der Waals surface area contributed by atoms with Crippen LogP contribution in [0.2, 0.25) is 0 Å². The fourth-order valence-corrected chi connectivity index (χ4v) is 7.18. The Labute approximate surface area is 199 Å². The Balaban J connectivity index is 1.03. The van der Waals surface area contributed by atoms with E-state index in [0.717, 1.165) is 37.6 Å². The quantitative estimate of drug-likeness (QED) is 0.680. The summed E-state index contributed by atoms with van der Waals surface area (Å²) in [5.74, 6) is 3.13. The van der Waals surface area contributed by atoms with Crippen LogP contribution in [0, 0.1) is 41.3 Å². The van der Waals surface area contributed by atoms with E-state index in [-0.39, 0.29) is 41.7 Å². The summed E-state index contributed by atoms with van der Waals surface area (Å²) in [6.07, 6.45) is 6.72. The first-order chi connectivity index (χ1) is 16.4. The Kier molecular flexibility index (Phi) is 5.26. The molecule has 5 aliphatic rings. The summed E-state index contributed by atoms with van der Waals surface area (Å²) in [6, 6.07) is 6.74. The molecule has 0 spiro atoms. The summed E-state index contributed by atoms with van der Waals surface area (Å²) in [6.45, 7) is 3.63. The van der Waals surface area contributed by atoms with E-state index in [0.29, 0.717) is 40.7 Å². The molecule has 2 aromatic rings. The number of aromatic nitrogens is 1. The van der Waals surface area contributed by atoms with Crippen LogP contribution in [-0.2, 0) is 9.59 Å². The van der Waals surface area contributed by atoms with Gasteiger partial charge in [-0.05, 0) is 86.0 Å². The molecule has 34 heavy (non-hydrogen) atoms. The third-order valence-electron chi connectivity index (χ3n) is 8.99. The van der Waals surface area contributed by atoms with Crippen molar-refractivity contribution < 1.29 is 18.7 Å². The minimum absolute atomic E-state index is 0.0104. The van der Waals surface area contributed by atoms with E-state index in [4.69, 9.17) is 4.74 Å². The summed E-state index contributed by atoms with van der Waals surface area (Å²) >= 11 is 0. The summed E-state index contributed by atoms with van der Waals surface area (Å²) in [4.78, 5) is 28.9. The molecule has 5 saturated carbocycles. The SMILES string of the molecule is CC(=O)NC1C[C@@H](NC(=O)C(C)[C@H]2[C@@H]3C[C@@H](Oc4ccnc5ccc(F)cc45)C[C@@H]32)C2CC1C2. The second-order valence-corrected chi connectivity index (χ2v) is 11.0. The van der Waals surface area contributed by atoms with Crippen LogP contribution in [0.4, 0.5) is 4.39 Å². The van der Waals surface area contributed by atoms with E-state index < -0.39 is 0 Å². The predicted molar refractivity (Wildman–Crippen MR) is 125 cm³/mol. The Morgan fingerprint density at radius 2 is 1.74 bits per heavy atom. The molecule has 2 bridgehead atoms. The van der Waals surface area contributed by atoms with Crippen molar-refractivity contribution in [3.05, 3.63) is 36.3 Å². The molecule has 2 N–H and O–H groups in total. The maximum absolute atomic E-state index is 13.7. The second kappa shape index (κ2) is 8.21. The number of carbonyl (C=O) groups excluding carboxylic acids is 2. The zero-order valence-electron chi connectivity index (χ0n) is 19.7. The standard InChI is InChI=1S/C27H32FN3O3/c1-13(27(33)31-24-12-23(30-14(2)32)15-7-16(24)8-15)26-19-10-18(11-20(19)26)34-25-5-6-29-22-4-3-17(28)9-21(22)25/h3-6,9,13,15-16,18-20,23-24,26H,7-8,10-12H2,1-2H3,(H,30,32)(H,31,33)/t13?,15?,16?,18-,19-,20+,23?,24-,26+/m1/s1. The van der Waals surface area contributed by atoms with Crippen LogP contribution in [-0.4, -0.2) is 35.0 Å². The number of benzene rings is 1. The van der Waals surface area contributed by atoms with E-state index in [1.165, 1.54) is 12.1 Å². The fourth-order valence-electron chi connectivity index (χ4n) is 7.18. The molecule has 0 saturated heterocycles. The van der Waals surface area contributed by atoms with Gasteiger partial charge in [0.15, 0.2) is 0 Å². The maximum atomic E-state index is 13.7. The lowest BCUT2D eigenvalue weighted by molar-refractivity contribution is -0.128. The van der Waals surface area contributed by atoms with Gasteiger partial charge in [0.25, 0.3) is 0 Å². The molecule has 7 rings (SSSR count). The first-order valence-corrected chi connectivity index (χ1v) is 12.7. The minimum Gasteiger partial charge on any atom is -0.490 e. The van der Waals surface area contributed by atoms with E-state index in [1.807, 2.05) is 6.07 Å². The highest BCUT2D eigenvalue weighted by molar-refractivity contribution is 5.84. The number of carbonyl (C=O) groups is 2.